The molecule has 0 spiro atoms. The predicted octanol–water partition coefficient (Wildman–Crippen LogP) is 7.28. The number of anilines is 1. The van der Waals surface area contributed by atoms with Crippen LogP contribution >= 0.6 is 15.9 Å². The third-order valence-electron chi connectivity index (χ3n) is 7.18. The predicted molar refractivity (Wildman–Crippen MR) is 163 cm³/mol. The van der Waals surface area contributed by atoms with Gasteiger partial charge in [-0.25, -0.2) is 14.7 Å². The second kappa shape index (κ2) is 11.1. The second-order valence-corrected chi connectivity index (χ2v) is 10.7. The molecule has 2 heterocycles. The maximum atomic E-state index is 13.6. The molecule has 1 aliphatic heterocycles. The summed E-state index contributed by atoms with van der Waals surface area (Å²) < 4.78 is 6.53. The van der Waals surface area contributed by atoms with Gasteiger partial charge in [-0.2, -0.15) is 0 Å². The number of ether oxygens (including phenoxy) is 1. The minimum Gasteiger partial charge on any atom is -0.450 e. The number of carbonyl (C=O) groups is 4. The van der Waals surface area contributed by atoms with Crippen LogP contribution in [0, 0.1) is 0 Å². The van der Waals surface area contributed by atoms with Crippen molar-refractivity contribution in [2.24, 2.45) is 0 Å². The fourth-order valence-electron chi connectivity index (χ4n) is 5.02. The number of Topliss-reactive ketones (excluding diaryl/α,β-unsaturated/α-hetero) is 1. The summed E-state index contributed by atoms with van der Waals surface area (Å²) in [4.78, 5) is 58.4. The summed E-state index contributed by atoms with van der Waals surface area (Å²) in [6, 6.07) is 29.3. The van der Waals surface area contributed by atoms with Crippen LogP contribution in [0.1, 0.15) is 54.8 Å². The van der Waals surface area contributed by atoms with Gasteiger partial charge in [0.1, 0.15) is 0 Å². The van der Waals surface area contributed by atoms with Gasteiger partial charge in [-0.3, -0.25) is 14.4 Å². The fraction of sp³-hybridized carbons (Fsp3) is 0.0882. The van der Waals surface area contributed by atoms with Crippen LogP contribution in [0.2, 0.25) is 0 Å². The minimum absolute atomic E-state index is 0.264. The molecular weight excluding hydrogens is 596 g/mol. The molecule has 8 heteroatoms. The molecule has 7 nitrogen and oxygen atoms in total. The molecular formula is C34H23BrN2O5. The Kier molecular flexibility index (Phi) is 7.22. The second-order valence-electron chi connectivity index (χ2n) is 9.79. The van der Waals surface area contributed by atoms with Gasteiger partial charge in [-0.05, 0) is 55.0 Å². The summed E-state index contributed by atoms with van der Waals surface area (Å²) in [7, 11) is 0. The van der Waals surface area contributed by atoms with E-state index in [9.17, 15) is 19.2 Å². The number of nitrogens with zero attached hydrogens (tertiary/aromatic N) is 2. The summed E-state index contributed by atoms with van der Waals surface area (Å²) in [6.45, 7) is 1.79. The zero-order valence-corrected chi connectivity index (χ0v) is 24.0. The molecule has 0 radical (unpaired) electrons. The monoisotopic (exact) mass is 618 g/mol. The van der Waals surface area contributed by atoms with Gasteiger partial charge in [0.2, 0.25) is 5.78 Å². The average molecular weight is 619 g/mol. The maximum absolute atomic E-state index is 13.6. The number of aromatic nitrogens is 1. The highest BCUT2D eigenvalue weighted by atomic mass is 79.9. The number of imide groups is 1. The number of benzene rings is 4. The highest BCUT2D eigenvalue weighted by molar-refractivity contribution is 9.10. The van der Waals surface area contributed by atoms with Crippen LogP contribution in [-0.2, 0) is 4.74 Å². The number of halogens is 1. The van der Waals surface area contributed by atoms with Crippen LogP contribution in [0.4, 0.5) is 5.69 Å². The van der Waals surface area contributed by atoms with E-state index < -0.39 is 12.1 Å². The highest BCUT2D eigenvalue weighted by Crippen LogP contribution is 2.32. The molecule has 5 aromatic rings. The van der Waals surface area contributed by atoms with Crippen molar-refractivity contribution in [1.82, 2.24) is 4.98 Å². The fourth-order valence-corrected chi connectivity index (χ4v) is 5.38. The first-order chi connectivity index (χ1) is 20.4. The molecule has 0 fully saturated rings. The van der Waals surface area contributed by atoms with Gasteiger partial charge in [-0.1, -0.05) is 77.5 Å². The minimum atomic E-state index is -0.947. The van der Waals surface area contributed by atoms with Gasteiger partial charge in [-0.15, -0.1) is 0 Å². The number of hydrogen-bond acceptors (Lipinski definition) is 6. The van der Waals surface area contributed by atoms with Crippen molar-refractivity contribution in [3.05, 3.63) is 130 Å². The molecule has 1 atom stereocenters. The van der Waals surface area contributed by atoms with Crippen molar-refractivity contribution in [3.8, 4) is 11.3 Å². The van der Waals surface area contributed by atoms with E-state index in [0.29, 0.717) is 51.0 Å². The number of hydrogen-bond donors (Lipinski definition) is 0. The van der Waals surface area contributed by atoms with E-state index in [4.69, 9.17) is 9.72 Å². The van der Waals surface area contributed by atoms with E-state index in [-0.39, 0.29) is 23.2 Å². The molecule has 0 bridgehead atoms. The molecule has 1 unspecified atom stereocenters. The van der Waals surface area contributed by atoms with E-state index in [2.05, 4.69) is 15.9 Å². The molecule has 0 saturated carbocycles. The highest BCUT2D eigenvalue weighted by Gasteiger charge is 2.36. The number of carbonyl (C=O) groups excluding carboxylic acids is 4. The maximum Gasteiger partial charge on any atom is 0.339 e. The van der Waals surface area contributed by atoms with Crippen LogP contribution in [-0.4, -0.2) is 34.7 Å². The van der Waals surface area contributed by atoms with Crippen LogP contribution in [0.25, 0.3) is 22.2 Å². The summed E-state index contributed by atoms with van der Waals surface area (Å²) in [5.74, 6) is -1.66. The molecule has 1 aromatic heterocycles. The first-order valence-corrected chi connectivity index (χ1v) is 14.1. The molecule has 0 aliphatic carbocycles. The summed E-state index contributed by atoms with van der Waals surface area (Å²) in [5, 5.41) is 0.572. The first kappa shape index (κ1) is 27.2. The molecule has 0 N–H and O–H groups in total. The molecule has 42 heavy (non-hydrogen) atoms. The van der Waals surface area contributed by atoms with Crippen molar-refractivity contribution < 1.29 is 23.9 Å². The summed E-state index contributed by atoms with van der Waals surface area (Å²) >= 11 is 3.46. The van der Waals surface area contributed by atoms with E-state index in [1.165, 1.54) is 0 Å². The third-order valence-corrected chi connectivity index (χ3v) is 7.67. The Balaban J connectivity index is 1.33. The number of pyridine rings is 1. The normalized spacial score (nSPS) is 13.2. The van der Waals surface area contributed by atoms with Gasteiger partial charge < -0.3 is 4.74 Å². The average Bonchev–Trinajstić information content (AvgIpc) is 3.28. The summed E-state index contributed by atoms with van der Waals surface area (Å²) in [5.41, 5.74) is 3.63. The van der Waals surface area contributed by atoms with Crippen molar-refractivity contribution in [2.75, 3.05) is 4.90 Å². The smallest absolute Gasteiger partial charge is 0.339 e. The van der Waals surface area contributed by atoms with Crippen LogP contribution < -0.4 is 4.90 Å². The zero-order valence-electron chi connectivity index (χ0n) is 22.4. The Morgan fingerprint density at radius 3 is 2.12 bits per heavy atom. The molecule has 6 rings (SSSR count). The van der Waals surface area contributed by atoms with E-state index >= 15 is 0 Å². The Hall–Kier alpha value is -4.95. The molecule has 1 aliphatic rings. The number of esters is 1. The molecule has 206 valence electrons. The molecule has 4 aromatic carbocycles. The lowest BCUT2D eigenvalue weighted by atomic mass is 10.0. The van der Waals surface area contributed by atoms with Crippen molar-refractivity contribution >= 4 is 56.1 Å². The third kappa shape index (κ3) is 4.90. The van der Waals surface area contributed by atoms with Gasteiger partial charge >= 0.3 is 5.97 Å². The first-order valence-electron chi connectivity index (χ1n) is 13.3. The topological polar surface area (TPSA) is 93.6 Å². The largest absolute Gasteiger partial charge is 0.450 e. The number of amides is 2. The van der Waals surface area contributed by atoms with Crippen LogP contribution in [0.5, 0.6) is 0 Å². The van der Waals surface area contributed by atoms with Gasteiger partial charge in [0.25, 0.3) is 11.8 Å². The summed E-state index contributed by atoms with van der Waals surface area (Å²) in [6.07, 6.45) is -0.629. The van der Waals surface area contributed by atoms with Crippen LogP contribution in [0.15, 0.2) is 108 Å². The number of fused-ring (bicyclic) bond motifs is 2. The standard InChI is InChI=1S/C34H23BrN2O5/c1-2-30(31(38)21-8-4-3-5-9-21)42-34(41)27-19-29(36-28-17-14-22(35)18-26(27)28)20-12-15-23(16-13-20)37-32(39)24-10-6-7-11-25(24)33(37)40/h3-19,30H,2H2,1H3. The lowest BCUT2D eigenvalue weighted by molar-refractivity contribution is 0.0279. The molecule has 2 amide bonds. The Bertz CT molecular complexity index is 1850. The van der Waals surface area contributed by atoms with Crippen molar-refractivity contribution in [1.29, 1.82) is 0 Å². The van der Waals surface area contributed by atoms with Crippen LogP contribution in [0.3, 0.4) is 0 Å². The van der Waals surface area contributed by atoms with Crippen molar-refractivity contribution in [3.63, 3.8) is 0 Å². The Labute approximate surface area is 249 Å². The van der Waals surface area contributed by atoms with Gasteiger partial charge in [0.05, 0.1) is 33.6 Å². The lowest BCUT2D eigenvalue weighted by Crippen LogP contribution is -2.29. The van der Waals surface area contributed by atoms with E-state index in [0.717, 1.165) is 9.37 Å². The van der Waals surface area contributed by atoms with E-state index in [1.807, 2.05) is 12.1 Å². The number of ketones is 1. The zero-order chi connectivity index (χ0) is 29.4. The number of rotatable bonds is 7. The van der Waals surface area contributed by atoms with E-state index in [1.54, 1.807) is 97.9 Å². The quantitative estimate of drug-likeness (QED) is 0.108. The van der Waals surface area contributed by atoms with Crippen molar-refractivity contribution in [2.45, 2.75) is 19.4 Å². The van der Waals surface area contributed by atoms with Gasteiger partial charge in [0, 0.05) is 21.0 Å². The SMILES string of the molecule is CCC(OC(=O)c1cc(-c2ccc(N3C(=O)c4ccccc4C3=O)cc2)nc2ccc(Br)cc12)C(=O)c1ccccc1. The van der Waals surface area contributed by atoms with Gasteiger partial charge in [0.15, 0.2) is 6.10 Å². The Morgan fingerprint density at radius 2 is 1.48 bits per heavy atom. The Morgan fingerprint density at radius 1 is 0.833 bits per heavy atom. The molecule has 0 saturated heterocycles. The lowest BCUT2D eigenvalue weighted by Gasteiger charge is -2.17.